The number of likely N-dealkylation sites (tertiary alicyclic amines) is 1. The molecule has 0 bridgehead atoms. The standard InChI is InChI=1S/C15H22N2O2S/c18-20(19)11-14(16-13-7-3-1-4-8-13)15(12-20)17-9-5-2-6-10-17/h1,3-4,7-8,14-16H,2,5-6,9-12H2. The van der Waals surface area contributed by atoms with Gasteiger partial charge in [0.25, 0.3) is 0 Å². The number of nitrogens with zero attached hydrogens (tertiary/aromatic N) is 1. The van der Waals surface area contributed by atoms with E-state index in [1.54, 1.807) is 0 Å². The molecule has 5 heteroatoms. The van der Waals surface area contributed by atoms with Crippen molar-refractivity contribution in [2.45, 2.75) is 31.3 Å². The minimum atomic E-state index is -2.92. The number of rotatable bonds is 3. The first-order chi connectivity index (χ1) is 9.64. The predicted molar refractivity (Wildman–Crippen MR) is 81.7 cm³/mol. The fourth-order valence-corrected chi connectivity index (χ4v) is 5.28. The molecule has 2 unspecified atom stereocenters. The van der Waals surface area contributed by atoms with Crippen molar-refractivity contribution in [3.8, 4) is 0 Å². The molecule has 1 aromatic rings. The lowest BCUT2D eigenvalue weighted by atomic mass is 10.0. The zero-order chi connectivity index (χ0) is 14.0. The molecule has 4 nitrogen and oxygen atoms in total. The largest absolute Gasteiger partial charge is 0.380 e. The Morgan fingerprint density at radius 2 is 1.70 bits per heavy atom. The monoisotopic (exact) mass is 294 g/mol. The van der Waals surface area contributed by atoms with Gasteiger partial charge in [0.2, 0.25) is 0 Å². The molecule has 2 fully saturated rings. The van der Waals surface area contributed by atoms with Gasteiger partial charge in [0, 0.05) is 11.7 Å². The highest BCUT2D eigenvalue weighted by atomic mass is 32.2. The van der Waals surface area contributed by atoms with E-state index in [0.717, 1.165) is 18.8 Å². The second kappa shape index (κ2) is 5.74. The third kappa shape index (κ3) is 3.15. The van der Waals surface area contributed by atoms with Crippen LogP contribution in [0, 0.1) is 0 Å². The summed E-state index contributed by atoms with van der Waals surface area (Å²) in [6, 6.07) is 10.1. The van der Waals surface area contributed by atoms with E-state index in [1.165, 1.54) is 19.3 Å². The summed E-state index contributed by atoms with van der Waals surface area (Å²) < 4.78 is 24.0. The molecule has 2 aliphatic rings. The van der Waals surface area contributed by atoms with Crippen LogP contribution in [0.15, 0.2) is 30.3 Å². The predicted octanol–water partition coefficient (Wildman–Crippen LogP) is 1.75. The molecular weight excluding hydrogens is 272 g/mol. The fourth-order valence-electron chi connectivity index (χ4n) is 3.33. The van der Waals surface area contributed by atoms with E-state index in [4.69, 9.17) is 0 Å². The first-order valence-corrected chi connectivity index (χ1v) is 9.22. The molecule has 20 heavy (non-hydrogen) atoms. The van der Waals surface area contributed by atoms with Crippen molar-refractivity contribution in [2.24, 2.45) is 0 Å². The summed E-state index contributed by atoms with van der Waals surface area (Å²) in [5.41, 5.74) is 1.01. The Bertz CT molecular complexity index is 538. The Labute approximate surface area is 121 Å². The van der Waals surface area contributed by atoms with E-state index < -0.39 is 9.84 Å². The van der Waals surface area contributed by atoms with Gasteiger partial charge in [-0.15, -0.1) is 0 Å². The van der Waals surface area contributed by atoms with Crippen LogP contribution >= 0.6 is 0 Å². The maximum atomic E-state index is 12.0. The first-order valence-electron chi connectivity index (χ1n) is 7.40. The molecule has 2 atom stereocenters. The van der Waals surface area contributed by atoms with Gasteiger partial charge >= 0.3 is 0 Å². The molecule has 3 rings (SSSR count). The van der Waals surface area contributed by atoms with Crippen molar-refractivity contribution in [1.29, 1.82) is 0 Å². The van der Waals surface area contributed by atoms with E-state index in [9.17, 15) is 8.42 Å². The van der Waals surface area contributed by atoms with E-state index in [0.29, 0.717) is 5.75 Å². The zero-order valence-corrected chi connectivity index (χ0v) is 12.5. The Hall–Kier alpha value is -1.07. The third-order valence-corrected chi connectivity index (χ3v) is 6.02. The van der Waals surface area contributed by atoms with Crippen molar-refractivity contribution in [3.05, 3.63) is 30.3 Å². The topological polar surface area (TPSA) is 49.4 Å². The van der Waals surface area contributed by atoms with Gasteiger partial charge in [0.05, 0.1) is 17.5 Å². The Balaban J connectivity index is 1.76. The maximum Gasteiger partial charge on any atom is 0.153 e. The molecule has 0 radical (unpaired) electrons. The van der Waals surface area contributed by atoms with Gasteiger partial charge < -0.3 is 5.32 Å². The average molecular weight is 294 g/mol. The summed E-state index contributed by atoms with van der Waals surface area (Å²) in [5.74, 6) is 0.556. The van der Waals surface area contributed by atoms with Gasteiger partial charge in [-0.05, 0) is 38.1 Å². The highest BCUT2D eigenvalue weighted by molar-refractivity contribution is 7.91. The van der Waals surface area contributed by atoms with E-state index >= 15 is 0 Å². The summed E-state index contributed by atoms with van der Waals surface area (Å²) in [6.45, 7) is 2.07. The van der Waals surface area contributed by atoms with Crippen LogP contribution in [0.4, 0.5) is 5.69 Å². The Morgan fingerprint density at radius 3 is 2.40 bits per heavy atom. The molecule has 1 aromatic carbocycles. The lowest BCUT2D eigenvalue weighted by Gasteiger charge is -2.35. The van der Waals surface area contributed by atoms with Crippen LogP contribution < -0.4 is 5.32 Å². The summed E-state index contributed by atoms with van der Waals surface area (Å²) >= 11 is 0. The van der Waals surface area contributed by atoms with Gasteiger partial charge in [-0.2, -0.15) is 0 Å². The number of nitrogens with one attached hydrogen (secondary N) is 1. The van der Waals surface area contributed by atoms with E-state index in [2.05, 4.69) is 10.2 Å². The van der Waals surface area contributed by atoms with Crippen LogP contribution in [-0.4, -0.2) is 50.0 Å². The van der Waals surface area contributed by atoms with E-state index in [-0.39, 0.29) is 17.8 Å². The number of anilines is 1. The molecular formula is C15H22N2O2S. The third-order valence-electron chi connectivity index (χ3n) is 4.31. The first kappa shape index (κ1) is 13.9. The van der Waals surface area contributed by atoms with Gasteiger partial charge in [0.15, 0.2) is 9.84 Å². The lowest BCUT2D eigenvalue weighted by molar-refractivity contribution is 0.170. The summed E-state index contributed by atoms with van der Waals surface area (Å²) in [4.78, 5) is 2.37. The van der Waals surface area contributed by atoms with Crippen LogP contribution in [0.2, 0.25) is 0 Å². The Morgan fingerprint density at radius 1 is 1.00 bits per heavy atom. The number of benzene rings is 1. The maximum absolute atomic E-state index is 12.0. The lowest BCUT2D eigenvalue weighted by Crippen LogP contribution is -2.48. The highest BCUT2D eigenvalue weighted by Gasteiger charge is 2.41. The van der Waals surface area contributed by atoms with Crippen LogP contribution in [0.25, 0.3) is 0 Å². The molecule has 0 spiro atoms. The molecule has 2 aliphatic heterocycles. The summed E-state index contributed by atoms with van der Waals surface area (Å²) in [5, 5.41) is 3.42. The smallest absolute Gasteiger partial charge is 0.153 e. The average Bonchev–Trinajstić information content (AvgIpc) is 2.76. The molecule has 0 saturated carbocycles. The van der Waals surface area contributed by atoms with Crippen molar-refractivity contribution < 1.29 is 8.42 Å². The van der Waals surface area contributed by atoms with Gasteiger partial charge in [-0.25, -0.2) is 8.42 Å². The molecule has 0 aliphatic carbocycles. The molecule has 2 heterocycles. The van der Waals surface area contributed by atoms with Crippen molar-refractivity contribution in [1.82, 2.24) is 4.90 Å². The highest BCUT2D eigenvalue weighted by Crippen LogP contribution is 2.24. The number of hydrogen-bond donors (Lipinski definition) is 1. The number of hydrogen-bond acceptors (Lipinski definition) is 4. The minimum Gasteiger partial charge on any atom is -0.380 e. The summed E-state index contributed by atoms with van der Waals surface area (Å²) in [7, 11) is -2.92. The molecule has 0 aromatic heterocycles. The van der Waals surface area contributed by atoms with Gasteiger partial charge in [0.1, 0.15) is 0 Å². The number of para-hydroxylation sites is 1. The van der Waals surface area contributed by atoms with Crippen LogP contribution in [0.1, 0.15) is 19.3 Å². The number of sulfone groups is 1. The van der Waals surface area contributed by atoms with Gasteiger partial charge in [-0.3, -0.25) is 4.90 Å². The molecule has 1 N–H and O–H groups in total. The van der Waals surface area contributed by atoms with Crippen LogP contribution in [-0.2, 0) is 9.84 Å². The summed E-state index contributed by atoms with van der Waals surface area (Å²) in [6.07, 6.45) is 3.65. The second-order valence-corrected chi connectivity index (χ2v) is 8.01. The van der Waals surface area contributed by atoms with E-state index in [1.807, 2.05) is 30.3 Å². The van der Waals surface area contributed by atoms with Crippen LogP contribution in [0.5, 0.6) is 0 Å². The fraction of sp³-hybridized carbons (Fsp3) is 0.600. The number of piperidine rings is 1. The Kier molecular flexibility index (Phi) is 3.98. The zero-order valence-electron chi connectivity index (χ0n) is 11.7. The van der Waals surface area contributed by atoms with Crippen molar-refractivity contribution >= 4 is 15.5 Å². The SMILES string of the molecule is O=S1(=O)CC(Nc2ccccc2)C(N2CCCCC2)C1. The molecule has 110 valence electrons. The van der Waals surface area contributed by atoms with Gasteiger partial charge in [-0.1, -0.05) is 24.6 Å². The van der Waals surface area contributed by atoms with Crippen LogP contribution in [0.3, 0.4) is 0 Å². The molecule has 0 amide bonds. The molecule has 2 saturated heterocycles. The quantitative estimate of drug-likeness (QED) is 0.923. The minimum absolute atomic E-state index is 0.0144. The normalized spacial score (nSPS) is 30.2. The van der Waals surface area contributed by atoms with Crippen molar-refractivity contribution in [2.75, 3.05) is 29.9 Å². The second-order valence-electron chi connectivity index (χ2n) is 5.86. The van der Waals surface area contributed by atoms with Crippen molar-refractivity contribution in [3.63, 3.8) is 0 Å².